The molecule has 0 radical (unpaired) electrons. The van der Waals surface area contributed by atoms with Gasteiger partial charge >= 0.3 is 6.03 Å². The van der Waals surface area contributed by atoms with Gasteiger partial charge in [0.05, 0.1) is 16.1 Å². The Balaban J connectivity index is 1.73. The summed E-state index contributed by atoms with van der Waals surface area (Å²) in [4.78, 5) is 15.6. The fourth-order valence-electron chi connectivity index (χ4n) is 2.56. The predicted molar refractivity (Wildman–Crippen MR) is 88.5 cm³/mol. The largest absolute Gasteiger partial charge is 0.322 e. The summed E-state index contributed by atoms with van der Waals surface area (Å²) in [6.45, 7) is 0.774. The number of halogens is 2. The SMILES string of the molecule is O=C(Nc1ccc(Cl)c(Cl)c1)N1CCCC1c1cccs1. The number of carbonyl (C=O) groups is 1. The molecule has 21 heavy (non-hydrogen) atoms. The average Bonchev–Trinajstić information content (AvgIpc) is 3.12. The molecule has 2 heterocycles. The van der Waals surface area contributed by atoms with Crippen molar-refractivity contribution in [3.05, 3.63) is 50.6 Å². The van der Waals surface area contributed by atoms with E-state index in [0.29, 0.717) is 15.7 Å². The van der Waals surface area contributed by atoms with Gasteiger partial charge in [-0.15, -0.1) is 11.3 Å². The van der Waals surface area contributed by atoms with Crippen LogP contribution < -0.4 is 5.32 Å². The summed E-state index contributed by atoms with van der Waals surface area (Å²) < 4.78 is 0. The zero-order chi connectivity index (χ0) is 14.8. The molecule has 1 aromatic heterocycles. The first kappa shape index (κ1) is 14.7. The molecule has 1 N–H and O–H groups in total. The second-order valence-corrected chi connectivity index (χ2v) is 6.72. The zero-order valence-corrected chi connectivity index (χ0v) is 13.5. The molecule has 1 fully saturated rings. The molecule has 3 rings (SSSR count). The lowest BCUT2D eigenvalue weighted by Crippen LogP contribution is -2.34. The molecule has 6 heteroatoms. The molecule has 1 aliphatic rings. The molecule has 1 unspecified atom stereocenters. The highest BCUT2D eigenvalue weighted by molar-refractivity contribution is 7.10. The van der Waals surface area contributed by atoms with Gasteiger partial charge in [-0.2, -0.15) is 0 Å². The first-order valence-electron chi connectivity index (χ1n) is 6.71. The van der Waals surface area contributed by atoms with Crippen LogP contribution in [0.25, 0.3) is 0 Å². The lowest BCUT2D eigenvalue weighted by Gasteiger charge is -2.24. The van der Waals surface area contributed by atoms with E-state index in [-0.39, 0.29) is 12.1 Å². The van der Waals surface area contributed by atoms with Gasteiger partial charge in [-0.25, -0.2) is 4.79 Å². The molecule has 0 spiro atoms. The Hall–Kier alpha value is -1.23. The van der Waals surface area contributed by atoms with Gasteiger partial charge in [0.15, 0.2) is 0 Å². The average molecular weight is 341 g/mol. The normalized spacial score (nSPS) is 18.0. The summed E-state index contributed by atoms with van der Waals surface area (Å²) >= 11 is 13.5. The number of urea groups is 1. The highest BCUT2D eigenvalue weighted by Crippen LogP contribution is 2.35. The van der Waals surface area contributed by atoms with Crippen molar-refractivity contribution in [2.75, 3.05) is 11.9 Å². The third-order valence-electron chi connectivity index (χ3n) is 3.56. The van der Waals surface area contributed by atoms with Gasteiger partial charge in [0, 0.05) is 17.1 Å². The molecule has 0 bridgehead atoms. The van der Waals surface area contributed by atoms with Crippen molar-refractivity contribution < 1.29 is 4.79 Å². The van der Waals surface area contributed by atoms with E-state index in [9.17, 15) is 4.79 Å². The van der Waals surface area contributed by atoms with Crippen LogP contribution in [-0.2, 0) is 0 Å². The van der Waals surface area contributed by atoms with E-state index in [1.165, 1.54) is 4.88 Å². The summed E-state index contributed by atoms with van der Waals surface area (Å²) in [5.74, 6) is 0. The molecule has 2 aromatic rings. The minimum atomic E-state index is -0.0933. The van der Waals surface area contributed by atoms with Gasteiger partial charge in [0.2, 0.25) is 0 Å². The number of nitrogens with one attached hydrogen (secondary N) is 1. The summed E-state index contributed by atoms with van der Waals surface area (Å²) in [5.41, 5.74) is 0.659. The van der Waals surface area contributed by atoms with E-state index in [4.69, 9.17) is 23.2 Å². The molecule has 1 saturated heterocycles. The number of hydrogen-bond acceptors (Lipinski definition) is 2. The Kier molecular flexibility index (Phi) is 4.38. The van der Waals surface area contributed by atoms with E-state index >= 15 is 0 Å². The van der Waals surface area contributed by atoms with E-state index < -0.39 is 0 Å². The third kappa shape index (κ3) is 3.18. The number of rotatable bonds is 2. The van der Waals surface area contributed by atoms with Crippen LogP contribution >= 0.6 is 34.5 Å². The second-order valence-electron chi connectivity index (χ2n) is 4.93. The maximum Gasteiger partial charge on any atom is 0.322 e. The molecule has 2 amide bonds. The van der Waals surface area contributed by atoms with Crippen molar-refractivity contribution in [3.8, 4) is 0 Å². The standard InChI is InChI=1S/C15H14Cl2N2OS/c16-11-6-5-10(9-12(11)17)18-15(20)19-7-1-3-13(19)14-4-2-8-21-14/h2,4-6,8-9,13H,1,3,7H2,(H,18,20). The quantitative estimate of drug-likeness (QED) is 0.777. The highest BCUT2D eigenvalue weighted by Gasteiger charge is 2.30. The molecule has 0 saturated carbocycles. The summed E-state index contributed by atoms with van der Waals surface area (Å²) in [6, 6.07) is 9.28. The van der Waals surface area contributed by atoms with Crippen LogP contribution in [0.3, 0.4) is 0 Å². The fourth-order valence-corrected chi connectivity index (χ4v) is 3.73. The van der Waals surface area contributed by atoms with Crippen LogP contribution in [0.2, 0.25) is 10.0 Å². The zero-order valence-electron chi connectivity index (χ0n) is 11.2. The minimum absolute atomic E-state index is 0.0933. The first-order valence-corrected chi connectivity index (χ1v) is 8.35. The van der Waals surface area contributed by atoms with Gasteiger partial charge in [0.1, 0.15) is 0 Å². The molecule has 3 nitrogen and oxygen atoms in total. The van der Waals surface area contributed by atoms with Crippen LogP contribution in [0.1, 0.15) is 23.8 Å². The van der Waals surface area contributed by atoms with Gasteiger partial charge in [-0.1, -0.05) is 29.3 Å². The van der Waals surface area contributed by atoms with Gasteiger partial charge in [-0.3, -0.25) is 0 Å². The van der Waals surface area contributed by atoms with Gasteiger partial charge in [0.25, 0.3) is 0 Å². The van der Waals surface area contributed by atoms with E-state index in [1.54, 1.807) is 29.5 Å². The molecule has 1 aromatic carbocycles. The van der Waals surface area contributed by atoms with Crippen LogP contribution in [0.15, 0.2) is 35.7 Å². The molecular formula is C15H14Cl2N2OS. The smallest absolute Gasteiger partial charge is 0.317 e. The van der Waals surface area contributed by atoms with E-state index in [1.807, 2.05) is 16.3 Å². The topological polar surface area (TPSA) is 32.3 Å². The Morgan fingerprint density at radius 2 is 2.14 bits per heavy atom. The second kappa shape index (κ2) is 6.26. The number of benzene rings is 1. The third-order valence-corrected chi connectivity index (χ3v) is 5.27. The van der Waals surface area contributed by atoms with E-state index in [2.05, 4.69) is 11.4 Å². The number of anilines is 1. The summed E-state index contributed by atoms with van der Waals surface area (Å²) in [6.07, 6.45) is 2.03. The van der Waals surface area contributed by atoms with Crippen molar-refractivity contribution >= 4 is 46.3 Å². The maximum atomic E-state index is 12.5. The molecule has 1 aliphatic heterocycles. The molecule has 0 aliphatic carbocycles. The number of carbonyl (C=O) groups excluding carboxylic acids is 1. The highest BCUT2D eigenvalue weighted by atomic mass is 35.5. The predicted octanol–water partition coefficient (Wildman–Crippen LogP) is 5.42. The van der Waals surface area contributed by atoms with Crippen molar-refractivity contribution in [3.63, 3.8) is 0 Å². The van der Waals surface area contributed by atoms with Crippen molar-refractivity contribution in [1.29, 1.82) is 0 Å². The summed E-state index contributed by atoms with van der Waals surface area (Å²) in [7, 11) is 0. The van der Waals surface area contributed by atoms with Crippen LogP contribution in [0, 0.1) is 0 Å². The van der Waals surface area contributed by atoms with Crippen LogP contribution in [0.4, 0.5) is 10.5 Å². The molecule has 1 atom stereocenters. The minimum Gasteiger partial charge on any atom is -0.317 e. The van der Waals surface area contributed by atoms with Crippen molar-refractivity contribution in [2.24, 2.45) is 0 Å². The van der Waals surface area contributed by atoms with E-state index in [0.717, 1.165) is 19.4 Å². The lowest BCUT2D eigenvalue weighted by atomic mass is 10.2. The number of hydrogen-bond donors (Lipinski definition) is 1. The Labute approximate surface area is 137 Å². The Morgan fingerprint density at radius 3 is 2.86 bits per heavy atom. The number of thiophene rings is 1. The first-order chi connectivity index (χ1) is 10.1. The van der Waals surface area contributed by atoms with Crippen LogP contribution in [-0.4, -0.2) is 17.5 Å². The lowest BCUT2D eigenvalue weighted by molar-refractivity contribution is 0.208. The van der Waals surface area contributed by atoms with Gasteiger partial charge in [-0.05, 0) is 42.5 Å². The number of nitrogens with zero attached hydrogens (tertiary/aromatic N) is 1. The Morgan fingerprint density at radius 1 is 1.29 bits per heavy atom. The number of amides is 2. The number of likely N-dealkylation sites (tertiary alicyclic amines) is 1. The summed E-state index contributed by atoms with van der Waals surface area (Å²) in [5, 5.41) is 5.85. The van der Waals surface area contributed by atoms with Crippen molar-refractivity contribution in [1.82, 2.24) is 4.90 Å². The Bertz CT molecular complexity index is 645. The van der Waals surface area contributed by atoms with Crippen molar-refractivity contribution in [2.45, 2.75) is 18.9 Å². The van der Waals surface area contributed by atoms with Crippen LogP contribution in [0.5, 0.6) is 0 Å². The monoisotopic (exact) mass is 340 g/mol. The molecule has 110 valence electrons. The fraction of sp³-hybridized carbons (Fsp3) is 0.267. The molecular weight excluding hydrogens is 327 g/mol. The maximum absolute atomic E-state index is 12.5. The van der Waals surface area contributed by atoms with Gasteiger partial charge < -0.3 is 10.2 Å².